The first-order valence-corrected chi connectivity index (χ1v) is 25.9. The predicted octanol–water partition coefficient (Wildman–Crippen LogP) is -10.0. The van der Waals surface area contributed by atoms with Gasteiger partial charge in [-0.25, -0.2) is 0 Å². The van der Waals surface area contributed by atoms with Crippen LogP contribution >= 0.6 is 0 Å². The van der Waals surface area contributed by atoms with Gasteiger partial charge in [-0.1, -0.05) is 13.8 Å². The van der Waals surface area contributed by atoms with Gasteiger partial charge in [0.15, 0.2) is 6.29 Å². The second-order valence-corrected chi connectivity index (χ2v) is 17.3. The van der Waals surface area contributed by atoms with Crippen molar-refractivity contribution in [1.29, 1.82) is 0 Å². The molecule has 0 unspecified atom stereocenters. The smallest absolute Gasteiger partial charge is 0.394 e. The zero-order valence-electron chi connectivity index (χ0n) is 32.9. The van der Waals surface area contributed by atoms with E-state index in [9.17, 15) is 30.6 Å². The van der Waals surface area contributed by atoms with Crippen molar-refractivity contribution in [2.75, 3.05) is 32.9 Å². The number of aliphatic hydroxyl groups is 8. The molecule has 0 amide bonds. The zero-order valence-corrected chi connectivity index (χ0v) is 39.4. The minimum absolute atomic E-state index is 0.669. The molecule has 0 aromatic carbocycles. The van der Waals surface area contributed by atoms with Gasteiger partial charge in [0, 0.05) is 0 Å². The van der Waals surface area contributed by atoms with E-state index in [1.165, 1.54) is 0 Å². The molecule has 52 heteroatoms. The summed E-state index contributed by atoms with van der Waals surface area (Å²) >= 11 is 0. The molecule has 2 heterocycles. The van der Waals surface area contributed by atoms with E-state index in [1.54, 1.807) is 0 Å². The maximum Gasteiger partial charge on any atom is 0.394 e. The van der Waals surface area contributed by atoms with Gasteiger partial charge in [-0.2, -0.15) is 67.3 Å². The van der Waals surface area contributed by atoms with Crippen LogP contribution in [0.15, 0.2) is 0 Å². The molecule has 2 saturated heterocycles. The van der Waals surface area contributed by atoms with Gasteiger partial charge in [0.25, 0.3) is 0 Å². The molecule has 2 fully saturated rings. The van der Waals surface area contributed by atoms with Crippen LogP contribution in [-0.4, -0.2) is 269 Å². The number of nitrogens with one attached hydrogen (secondary N) is 1. The van der Waals surface area contributed by atoms with Gasteiger partial charge in [-0.3, -0.25) is 72.8 Å². The Labute approximate surface area is 384 Å². The number of hydrogen-bond donors (Lipinski definition) is 25. The molecule has 25 N–H and O–H groups in total. The molecule has 0 aliphatic carbocycles. The SMILES string of the molecule is CCNCC.O=S(=O)(O)O.O=S(=O)(O)O.O=S(=O)(O)O.O=S(=O)(O)O.O=S(=O)(O)O.O=S(=O)(O)O.O=S(=O)(O)O.O=S(=O)(O)O.OC[C@H]1O[C@@](CO)(O[C@H]2O[C@H](CO)[C@@H](O)[C@H](O)[C@H]2O)[C@@H](O)[C@@H]1O. The highest BCUT2D eigenvalue weighted by Gasteiger charge is 2.58. The van der Waals surface area contributed by atoms with E-state index >= 15 is 0 Å². The monoisotopic (exact) mass is 1200 g/mol. The maximum absolute atomic E-state index is 10.00. The largest absolute Gasteiger partial charge is 0.394 e. The van der Waals surface area contributed by atoms with Gasteiger partial charge in [0.05, 0.1) is 13.2 Å². The van der Waals surface area contributed by atoms with Gasteiger partial charge in [0.1, 0.15) is 49.3 Å². The number of ether oxygens (including phenoxy) is 3. The van der Waals surface area contributed by atoms with Crippen molar-refractivity contribution in [3.63, 3.8) is 0 Å². The average Bonchev–Trinajstić information content (AvgIpc) is 3.24. The summed E-state index contributed by atoms with van der Waals surface area (Å²) in [5.41, 5.74) is 0. The van der Waals surface area contributed by atoms with Crippen molar-refractivity contribution in [1.82, 2.24) is 5.32 Å². The predicted molar refractivity (Wildman–Crippen MR) is 206 cm³/mol. The van der Waals surface area contributed by atoms with E-state index in [4.69, 9.17) is 165 Å². The van der Waals surface area contributed by atoms with Crippen LogP contribution in [0.3, 0.4) is 0 Å². The fourth-order valence-electron chi connectivity index (χ4n) is 2.88. The first-order chi connectivity index (χ1) is 29.2. The molecule has 0 aromatic rings. The van der Waals surface area contributed by atoms with Crippen LogP contribution in [0, 0.1) is 0 Å². The molecule has 2 aliphatic rings. The van der Waals surface area contributed by atoms with Crippen molar-refractivity contribution in [2.45, 2.75) is 68.7 Å². The molecule has 0 spiro atoms. The van der Waals surface area contributed by atoms with Gasteiger partial charge < -0.3 is 60.4 Å². The van der Waals surface area contributed by atoms with Gasteiger partial charge >= 0.3 is 83.2 Å². The molecule has 44 nitrogen and oxygen atoms in total. The van der Waals surface area contributed by atoms with Crippen LogP contribution < -0.4 is 5.32 Å². The Kier molecular flexibility index (Phi) is 45.7. The second-order valence-electron chi connectivity index (χ2n) is 10.1. The molecule has 0 aromatic heterocycles. The Morgan fingerprint density at radius 3 is 0.809 bits per heavy atom. The van der Waals surface area contributed by atoms with Crippen molar-refractivity contribution in [3.8, 4) is 0 Å². The van der Waals surface area contributed by atoms with E-state index in [2.05, 4.69) is 19.2 Å². The van der Waals surface area contributed by atoms with Crippen molar-refractivity contribution in [3.05, 3.63) is 0 Å². The second kappa shape index (κ2) is 37.3. The first kappa shape index (κ1) is 83.3. The van der Waals surface area contributed by atoms with Gasteiger partial charge in [0.2, 0.25) is 5.79 Å². The third-order valence-corrected chi connectivity index (χ3v) is 4.57. The van der Waals surface area contributed by atoms with Crippen molar-refractivity contribution >= 4 is 83.2 Å². The molecule has 68 heavy (non-hydrogen) atoms. The Hall–Kier alpha value is -1.52. The summed E-state index contributed by atoms with van der Waals surface area (Å²) in [7, 11) is -37.3. The van der Waals surface area contributed by atoms with Crippen LogP contribution in [0.4, 0.5) is 0 Å². The lowest BCUT2D eigenvalue weighted by Gasteiger charge is -2.43. The van der Waals surface area contributed by atoms with Gasteiger partial charge in [-0.05, 0) is 13.1 Å². The van der Waals surface area contributed by atoms with E-state index in [0.29, 0.717) is 0 Å². The Morgan fingerprint density at radius 1 is 0.412 bits per heavy atom. The summed E-state index contributed by atoms with van der Waals surface area (Å²) < 4.78 is 268. The van der Waals surface area contributed by atoms with E-state index in [1.807, 2.05) is 0 Å². The maximum atomic E-state index is 10.00. The molecule has 0 saturated carbocycles. The highest BCUT2D eigenvalue weighted by Crippen LogP contribution is 2.35. The van der Waals surface area contributed by atoms with Crippen LogP contribution in [0.1, 0.15) is 13.8 Å². The summed E-state index contributed by atoms with van der Waals surface area (Å²) in [6, 6.07) is 0. The highest BCUT2D eigenvalue weighted by atomic mass is 32.3. The number of hydrogen-bond acceptors (Lipinski definition) is 28. The first-order valence-electron chi connectivity index (χ1n) is 14.8. The standard InChI is InChI=1S/C12H22O11.C4H11N.8H2O4S/c13-1-4-6(16)8(18)9(19)11(21-4)23-12(3-15)10(20)7(17)5(2-14)22-12;1-3-5-4-2;8*1-5(2,3)4/h4-11,13-20H,1-3H2;5H,3-4H2,1-2H3;8*(H2,1,2,3,4)/t4-,5-,6-,7-,8+,9-,10+,11-,12+;;;;;;;;;/m1........./s1. The minimum atomic E-state index is -4.67. The lowest BCUT2D eigenvalue weighted by molar-refractivity contribution is -0.383. The molecule has 2 aliphatic heterocycles. The molecule has 424 valence electrons. The van der Waals surface area contributed by atoms with Crippen molar-refractivity contribution < 1.29 is 195 Å². The quantitative estimate of drug-likeness (QED) is 0.105. The van der Waals surface area contributed by atoms with Gasteiger partial charge in [-0.15, -0.1) is 0 Å². The fourth-order valence-corrected chi connectivity index (χ4v) is 2.88. The highest BCUT2D eigenvalue weighted by molar-refractivity contribution is 7.81. The van der Waals surface area contributed by atoms with E-state index in [0.717, 1.165) is 13.1 Å². The number of rotatable bonds is 7. The lowest BCUT2D eigenvalue weighted by Crippen LogP contribution is -2.62. The third-order valence-electron chi connectivity index (χ3n) is 4.57. The van der Waals surface area contributed by atoms with Crippen LogP contribution in [0.2, 0.25) is 0 Å². The molecular weight excluding hydrogens is 1150 g/mol. The molecule has 2 rings (SSSR count). The Bertz CT molecular complexity index is 1780. The summed E-state index contributed by atoms with van der Waals surface area (Å²) in [5, 5.41) is 79.8. The fraction of sp³-hybridized carbons (Fsp3) is 1.00. The topological polar surface area (TPSA) is 798 Å². The number of aliphatic hydroxyl groups excluding tert-OH is 8. The van der Waals surface area contributed by atoms with E-state index < -0.39 is 158 Å². The third kappa shape index (κ3) is 98.0. The lowest BCUT2D eigenvalue weighted by atomic mass is 9.99. The summed E-state index contributed by atoms with van der Waals surface area (Å²) in [6.07, 6.45) is -12.7. The van der Waals surface area contributed by atoms with E-state index in [-0.39, 0.29) is 0 Å². The summed E-state index contributed by atoms with van der Waals surface area (Å²) in [6.45, 7) is 4.07. The van der Waals surface area contributed by atoms with Crippen LogP contribution in [-0.2, 0) is 97.4 Å². The summed E-state index contributed by atoms with van der Waals surface area (Å²) in [4.78, 5) is 0. The van der Waals surface area contributed by atoms with Crippen LogP contribution in [0.5, 0.6) is 0 Å². The molecular formula is C16H49NO43S8. The Morgan fingerprint density at radius 2 is 0.647 bits per heavy atom. The summed E-state index contributed by atoms with van der Waals surface area (Å²) in [5.74, 6) is -2.22. The van der Waals surface area contributed by atoms with Crippen LogP contribution in [0.25, 0.3) is 0 Å². The van der Waals surface area contributed by atoms with Crippen molar-refractivity contribution in [2.24, 2.45) is 0 Å². The zero-order chi connectivity index (χ0) is 57.5. The average molecular weight is 1200 g/mol. The molecule has 0 radical (unpaired) electrons. The Balaban J connectivity index is -0.000000110. The molecule has 9 atom stereocenters. The minimum Gasteiger partial charge on any atom is -0.394 e. The normalized spacial score (nSPS) is 24.7. The molecule has 0 bridgehead atoms.